The molecule has 19 heavy (non-hydrogen) atoms. The lowest BCUT2D eigenvalue weighted by molar-refractivity contribution is 0.135. The summed E-state index contributed by atoms with van der Waals surface area (Å²) in [6, 6.07) is 0.689. The van der Waals surface area contributed by atoms with Gasteiger partial charge in [-0.15, -0.1) is 0 Å². The summed E-state index contributed by atoms with van der Waals surface area (Å²) in [6.07, 6.45) is 8.38. The second-order valence-corrected chi connectivity index (χ2v) is 6.83. The van der Waals surface area contributed by atoms with E-state index in [1.807, 2.05) is 0 Å². The van der Waals surface area contributed by atoms with Gasteiger partial charge in [0.25, 0.3) is 0 Å². The molecule has 2 amide bonds. The highest BCUT2D eigenvalue weighted by atomic mass is 16.2. The Morgan fingerprint density at radius 2 is 1.95 bits per heavy atom. The first-order valence-electron chi connectivity index (χ1n) is 7.97. The van der Waals surface area contributed by atoms with Crippen LogP contribution in [-0.4, -0.2) is 42.1 Å². The molecule has 1 unspecified atom stereocenters. The van der Waals surface area contributed by atoms with E-state index in [1.165, 1.54) is 32.1 Å². The molecular weight excluding hydrogens is 238 g/mol. The molecule has 108 valence electrons. The topological polar surface area (TPSA) is 44.4 Å². The molecule has 0 spiro atoms. The van der Waals surface area contributed by atoms with Gasteiger partial charge in [0, 0.05) is 18.1 Å². The number of nitrogens with one attached hydrogen (secondary N) is 2. The van der Waals surface area contributed by atoms with Crippen LogP contribution in [0.5, 0.6) is 0 Å². The molecule has 4 heteroatoms. The van der Waals surface area contributed by atoms with Crippen LogP contribution in [-0.2, 0) is 0 Å². The first-order valence-corrected chi connectivity index (χ1v) is 7.97. The van der Waals surface area contributed by atoms with Gasteiger partial charge < -0.3 is 15.5 Å². The highest BCUT2D eigenvalue weighted by Crippen LogP contribution is 2.33. The number of carbonyl (C=O) groups is 1. The van der Waals surface area contributed by atoms with Crippen LogP contribution in [0.3, 0.4) is 0 Å². The third-order valence-electron chi connectivity index (χ3n) is 5.35. The van der Waals surface area contributed by atoms with E-state index >= 15 is 0 Å². The lowest BCUT2D eigenvalue weighted by Crippen LogP contribution is -2.57. The fourth-order valence-corrected chi connectivity index (χ4v) is 3.93. The average Bonchev–Trinajstić information content (AvgIpc) is 2.87. The summed E-state index contributed by atoms with van der Waals surface area (Å²) in [4.78, 5) is 14.6. The van der Waals surface area contributed by atoms with E-state index in [2.05, 4.69) is 22.5 Å². The normalized spacial score (nSPS) is 31.0. The van der Waals surface area contributed by atoms with E-state index in [4.69, 9.17) is 0 Å². The third-order valence-corrected chi connectivity index (χ3v) is 5.35. The summed E-state index contributed by atoms with van der Waals surface area (Å²) in [6.45, 7) is 5.38. The van der Waals surface area contributed by atoms with E-state index in [-0.39, 0.29) is 11.6 Å². The van der Waals surface area contributed by atoms with Crippen molar-refractivity contribution in [3.63, 3.8) is 0 Å². The Hall–Kier alpha value is -0.770. The predicted octanol–water partition coefficient (Wildman–Crippen LogP) is 2.10. The third kappa shape index (κ3) is 2.73. The van der Waals surface area contributed by atoms with Crippen molar-refractivity contribution in [2.75, 3.05) is 19.6 Å². The molecule has 0 aromatic carbocycles. The van der Waals surface area contributed by atoms with E-state index in [0.717, 1.165) is 32.5 Å². The molecule has 2 N–H and O–H groups in total. The molecule has 0 aromatic rings. The lowest BCUT2D eigenvalue weighted by atomic mass is 9.79. The minimum Gasteiger partial charge on any atom is -0.333 e. The number of rotatable bonds is 2. The highest BCUT2D eigenvalue weighted by molar-refractivity contribution is 5.76. The zero-order valence-electron chi connectivity index (χ0n) is 12.1. The van der Waals surface area contributed by atoms with Crippen molar-refractivity contribution < 1.29 is 4.79 Å². The maximum atomic E-state index is 12.5. The van der Waals surface area contributed by atoms with Gasteiger partial charge in [0.05, 0.1) is 0 Å². The van der Waals surface area contributed by atoms with Crippen molar-refractivity contribution in [2.45, 2.75) is 63.5 Å². The predicted molar refractivity (Wildman–Crippen MR) is 76.1 cm³/mol. The van der Waals surface area contributed by atoms with Crippen LogP contribution in [0.2, 0.25) is 0 Å². The number of nitrogens with zero attached hydrogens (tertiary/aromatic N) is 1. The minimum atomic E-state index is 0.0817. The van der Waals surface area contributed by atoms with Gasteiger partial charge in [0.2, 0.25) is 0 Å². The molecule has 4 nitrogen and oxygen atoms in total. The van der Waals surface area contributed by atoms with Gasteiger partial charge in [0.15, 0.2) is 0 Å². The van der Waals surface area contributed by atoms with Gasteiger partial charge in [-0.1, -0.05) is 0 Å². The summed E-state index contributed by atoms with van der Waals surface area (Å²) in [5.74, 6) is 0.712. The standard InChI is InChI=1S/C15H27N3O/c1-15(7-3-8-15)17-14(19)18-11-2-4-13(18)12-5-9-16-10-6-12/h12-13,16H,2-11H2,1H3,(H,17,19). The van der Waals surface area contributed by atoms with Crippen molar-refractivity contribution in [1.82, 2.24) is 15.5 Å². The van der Waals surface area contributed by atoms with Crippen molar-refractivity contribution in [3.8, 4) is 0 Å². The van der Waals surface area contributed by atoms with Crippen LogP contribution < -0.4 is 10.6 Å². The first kappa shape index (κ1) is 13.2. The Morgan fingerprint density at radius 1 is 1.21 bits per heavy atom. The molecule has 2 heterocycles. The Kier molecular flexibility index (Phi) is 3.70. The number of hydrogen-bond acceptors (Lipinski definition) is 2. The summed E-state index contributed by atoms with van der Waals surface area (Å²) >= 11 is 0. The van der Waals surface area contributed by atoms with E-state index in [9.17, 15) is 4.79 Å². The van der Waals surface area contributed by atoms with Crippen LogP contribution >= 0.6 is 0 Å². The summed E-state index contributed by atoms with van der Waals surface area (Å²) in [7, 11) is 0. The number of likely N-dealkylation sites (tertiary alicyclic amines) is 1. The quantitative estimate of drug-likeness (QED) is 0.803. The summed E-state index contributed by atoms with van der Waals surface area (Å²) < 4.78 is 0. The first-order chi connectivity index (χ1) is 9.18. The van der Waals surface area contributed by atoms with Gasteiger partial charge in [-0.2, -0.15) is 0 Å². The van der Waals surface area contributed by atoms with Crippen molar-refractivity contribution in [1.29, 1.82) is 0 Å². The number of amides is 2. The molecule has 0 bridgehead atoms. The second-order valence-electron chi connectivity index (χ2n) is 6.83. The Morgan fingerprint density at radius 3 is 2.58 bits per heavy atom. The number of carbonyl (C=O) groups excluding carboxylic acids is 1. The van der Waals surface area contributed by atoms with Crippen LogP contribution in [0.1, 0.15) is 51.9 Å². The van der Waals surface area contributed by atoms with E-state index in [0.29, 0.717) is 12.0 Å². The molecule has 1 atom stereocenters. The lowest BCUT2D eigenvalue weighted by Gasteiger charge is -2.42. The summed E-state index contributed by atoms with van der Waals surface area (Å²) in [5, 5.41) is 6.69. The fourth-order valence-electron chi connectivity index (χ4n) is 3.93. The Bertz CT molecular complexity index is 334. The van der Waals surface area contributed by atoms with Crippen molar-refractivity contribution >= 4 is 6.03 Å². The Balaban J connectivity index is 1.60. The smallest absolute Gasteiger partial charge is 0.318 e. The second kappa shape index (κ2) is 5.31. The number of urea groups is 1. The molecule has 3 aliphatic rings. The average molecular weight is 265 g/mol. The highest BCUT2D eigenvalue weighted by Gasteiger charge is 2.39. The molecular formula is C15H27N3O. The minimum absolute atomic E-state index is 0.0817. The molecule has 1 aliphatic carbocycles. The molecule has 3 fully saturated rings. The molecule has 0 radical (unpaired) electrons. The molecule has 0 aromatic heterocycles. The van der Waals surface area contributed by atoms with Crippen molar-refractivity contribution in [3.05, 3.63) is 0 Å². The molecule has 3 rings (SSSR count). The maximum Gasteiger partial charge on any atom is 0.318 e. The number of hydrogen-bond donors (Lipinski definition) is 2. The van der Waals surface area contributed by atoms with Crippen LogP contribution in [0, 0.1) is 5.92 Å². The van der Waals surface area contributed by atoms with Gasteiger partial charge in [-0.3, -0.25) is 0 Å². The van der Waals surface area contributed by atoms with Gasteiger partial charge >= 0.3 is 6.03 Å². The van der Waals surface area contributed by atoms with Crippen LogP contribution in [0.15, 0.2) is 0 Å². The SMILES string of the molecule is CC1(NC(=O)N2CCCC2C2CCNCC2)CCC1. The van der Waals surface area contributed by atoms with Gasteiger partial charge in [0.1, 0.15) is 0 Å². The number of piperidine rings is 1. The van der Waals surface area contributed by atoms with Gasteiger partial charge in [-0.25, -0.2) is 4.79 Å². The zero-order valence-corrected chi connectivity index (χ0v) is 12.1. The fraction of sp³-hybridized carbons (Fsp3) is 0.933. The Labute approximate surface area is 116 Å². The van der Waals surface area contributed by atoms with Crippen molar-refractivity contribution in [2.24, 2.45) is 5.92 Å². The molecule has 2 aliphatic heterocycles. The maximum absolute atomic E-state index is 12.5. The monoisotopic (exact) mass is 265 g/mol. The van der Waals surface area contributed by atoms with Gasteiger partial charge in [-0.05, 0) is 70.9 Å². The summed E-state index contributed by atoms with van der Waals surface area (Å²) in [5.41, 5.74) is 0.0817. The van der Waals surface area contributed by atoms with Crippen LogP contribution in [0.25, 0.3) is 0 Å². The van der Waals surface area contributed by atoms with E-state index in [1.54, 1.807) is 0 Å². The molecule has 2 saturated heterocycles. The largest absolute Gasteiger partial charge is 0.333 e. The van der Waals surface area contributed by atoms with E-state index < -0.39 is 0 Å². The van der Waals surface area contributed by atoms with Crippen LogP contribution in [0.4, 0.5) is 4.79 Å². The zero-order chi connectivity index (χ0) is 13.3. The molecule has 1 saturated carbocycles.